The standard InChI is InChI=1S/C12H20O/c1-6-8-12(4,5)9-7-10(2)11(3)13/h6-7H,1,8-9H2,2-5H3/b10-7-. The van der Waals surface area contributed by atoms with Gasteiger partial charge >= 0.3 is 0 Å². The summed E-state index contributed by atoms with van der Waals surface area (Å²) in [7, 11) is 0. The van der Waals surface area contributed by atoms with Gasteiger partial charge in [0, 0.05) is 0 Å². The molecule has 0 atom stereocenters. The smallest absolute Gasteiger partial charge is 0.155 e. The van der Waals surface area contributed by atoms with Crippen LogP contribution in [0, 0.1) is 5.41 Å². The SMILES string of the molecule is C=CCC(C)(C)C/C=C(/C)C(C)=O. The Balaban J connectivity index is 4.21. The fourth-order valence-corrected chi connectivity index (χ4v) is 1.05. The van der Waals surface area contributed by atoms with Crippen molar-refractivity contribution in [2.24, 2.45) is 5.41 Å². The summed E-state index contributed by atoms with van der Waals surface area (Å²) < 4.78 is 0. The quantitative estimate of drug-likeness (QED) is 0.467. The molecule has 0 rings (SSSR count). The average Bonchev–Trinajstić information content (AvgIpc) is 2.00. The van der Waals surface area contributed by atoms with Crippen molar-refractivity contribution in [3.8, 4) is 0 Å². The number of ketones is 1. The fourth-order valence-electron chi connectivity index (χ4n) is 1.05. The minimum atomic E-state index is 0.161. The van der Waals surface area contributed by atoms with Crippen LogP contribution < -0.4 is 0 Å². The predicted molar refractivity (Wildman–Crippen MR) is 57.7 cm³/mol. The second kappa shape index (κ2) is 5.00. The van der Waals surface area contributed by atoms with Crippen LogP contribution in [0.2, 0.25) is 0 Å². The van der Waals surface area contributed by atoms with E-state index >= 15 is 0 Å². The molecule has 1 heteroatoms. The molecule has 0 spiro atoms. The average molecular weight is 180 g/mol. The summed E-state index contributed by atoms with van der Waals surface area (Å²) >= 11 is 0. The van der Waals surface area contributed by atoms with Gasteiger partial charge in [0.2, 0.25) is 0 Å². The first kappa shape index (κ1) is 12.2. The van der Waals surface area contributed by atoms with Gasteiger partial charge in [-0.05, 0) is 37.7 Å². The lowest BCUT2D eigenvalue weighted by Gasteiger charge is -2.20. The predicted octanol–water partition coefficient (Wildman–Crippen LogP) is 3.51. The van der Waals surface area contributed by atoms with Gasteiger partial charge in [-0.3, -0.25) is 4.79 Å². The van der Waals surface area contributed by atoms with Crippen molar-refractivity contribution >= 4 is 5.78 Å². The van der Waals surface area contributed by atoms with Gasteiger partial charge in [-0.25, -0.2) is 0 Å². The second-order valence-corrected chi connectivity index (χ2v) is 4.30. The minimum absolute atomic E-state index is 0.161. The number of carbonyl (C=O) groups excluding carboxylic acids is 1. The molecule has 0 saturated heterocycles. The van der Waals surface area contributed by atoms with Crippen LogP contribution in [0.3, 0.4) is 0 Å². The lowest BCUT2D eigenvalue weighted by molar-refractivity contribution is -0.113. The molecule has 0 N–H and O–H groups in total. The summed E-state index contributed by atoms with van der Waals surface area (Å²) in [5, 5.41) is 0. The molecule has 0 bridgehead atoms. The highest BCUT2D eigenvalue weighted by molar-refractivity contribution is 5.92. The van der Waals surface area contributed by atoms with Gasteiger partial charge < -0.3 is 0 Å². The van der Waals surface area contributed by atoms with Crippen molar-refractivity contribution < 1.29 is 4.79 Å². The third-order valence-corrected chi connectivity index (χ3v) is 2.21. The van der Waals surface area contributed by atoms with Crippen LogP contribution >= 0.6 is 0 Å². The molecule has 0 aliphatic carbocycles. The summed E-state index contributed by atoms with van der Waals surface area (Å²) in [4.78, 5) is 10.9. The van der Waals surface area contributed by atoms with Gasteiger partial charge in [0.15, 0.2) is 5.78 Å². The van der Waals surface area contributed by atoms with E-state index < -0.39 is 0 Å². The molecule has 0 aromatic carbocycles. The molecule has 0 amide bonds. The summed E-state index contributed by atoms with van der Waals surface area (Å²) in [6, 6.07) is 0. The van der Waals surface area contributed by atoms with Crippen LogP contribution in [-0.4, -0.2) is 5.78 Å². The zero-order valence-electron chi connectivity index (χ0n) is 9.18. The molecule has 74 valence electrons. The fraction of sp³-hybridized carbons (Fsp3) is 0.583. The molecule has 0 aliphatic heterocycles. The molecule has 0 aromatic rings. The first-order valence-corrected chi connectivity index (χ1v) is 4.67. The number of carbonyl (C=O) groups is 1. The molecule has 0 aliphatic rings. The zero-order valence-corrected chi connectivity index (χ0v) is 9.18. The molecule has 0 aromatic heterocycles. The van der Waals surface area contributed by atoms with Gasteiger partial charge in [0.05, 0.1) is 0 Å². The Morgan fingerprint density at radius 3 is 2.23 bits per heavy atom. The van der Waals surface area contributed by atoms with Crippen molar-refractivity contribution in [1.29, 1.82) is 0 Å². The number of hydrogen-bond donors (Lipinski definition) is 0. The van der Waals surface area contributed by atoms with Crippen LogP contribution in [0.4, 0.5) is 0 Å². The third-order valence-electron chi connectivity index (χ3n) is 2.21. The zero-order chi connectivity index (χ0) is 10.5. The molecule has 0 saturated carbocycles. The molecular weight excluding hydrogens is 160 g/mol. The van der Waals surface area contributed by atoms with E-state index in [1.807, 2.05) is 19.1 Å². The number of hydrogen-bond acceptors (Lipinski definition) is 1. The molecule has 0 fully saturated rings. The van der Waals surface area contributed by atoms with Crippen molar-refractivity contribution in [2.75, 3.05) is 0 Å². The Morgan fingerprint density at radius 2 is 1.85 bits per heavy atom. The van der Waals surface area contributed by atoms with E-state index in [9.17, 15) is 4.79 Å². The maximum absolute atomic E-state index is 10.9. The van der Waals surface area contributed by atoms with Crippen LogP contribution in [0.5, 0.6) is 0 Å². The normalized spacial score (nSPS) is 12.8. The van der Waals surface area contributed by atoms with Gasteiger partial charge in [0.25, 0.3) is 0 Å². The Bertz CT molecular complexity index is 221. The Hall–Kier alpha value is -0.850. The summed E-state index contributed by atoms with van der Waals surface area (Å²) in [5.74, 6) is 0.161. The van der Waals surface area contributed by atoms with E-state index in [0.717, 1.165) is 18.4 Å². The van der Waals surface area contributed by atoms with E-state index in [1.54, 1.807) is 6.92 Å². The molecule has 0 radical (unpaired) electrons. The number of rotatable bonds is 5. The molecule has 1 nitrogen and oxygen atoms in total. The highest BCUT2D eigenvalue weighted by atomic mass is 16.1. The van der Waals surface area contributed by atoms with E-state index in [2.05, 4.69) is 20.4 Å². The number of allylic oxidation sites excluding steroid dienone is 3. The van der Waals surface area contributed by atoms with E-state index in [0.29, 0.717) is 0 Å². The molecule has 0 unspecified atom stereocenters. The minimum Gasteiger partial charge on any atom is -0.295 e. The van der Waals surface area contributed by atoms with E-state index in [4.69, 9.17) is 0 Å². The first-order valence-electron chi connectivity index (χ1n) is 4.67. The Morgan fingerprint density at radius 1 is 1.31 bits per heavy atom. The first-order chi connectivity index (χ1) is 5.89. The lowest BCUT2D eigenvalue weighted by atomic mass is 9.85. The van der Waals surface area contributed by atoms with Crippen molar-refractivity contribution in [3.05, 3.63) is 24.3 Å². The van der Waals surface area contributed by atoms with Gasteiger partial charge in [-0.2, -0.15) is 0 Å². The van der Waals surface area contributed by atoms with Gasteiger partial charge in [0.1, 0.15) is 0 Å². The topological polar surface area (TPSA) is 17.1 Å². The Kier molecular flexibility index (Phi) is 4.68. The van der Waals surface area contributed by atoms with Crippen LogP contribution in [0.25, 0.3) is 0 Å². The monoisotopic (exact) mass is 180 g/mol. The van der Waals surface area contributed by atoms with Gasteiger partial charge in [-0.1, -0.05) is 26.0 Å². The summed E-state index contributed by atoms with van der Waals surface area (Å²) in [6.45, 7) is 11.5. The summed E-state index contributed by atoms with van der Waals surface area (Å²) in [6.07, 6.45) is 5.86. The molecule has 0 heterocycles. The van der Waals surface area contributed by atoms with Crippen molar-refractivity contribution in [2.45, 2.75) is 40.5 Å². The van der Waals surface area contributed by atoms with Crippen molar-refractivity contribution in [3.63, 3.8) is 0 Å². The van der Waals surface area contributed by atoms with Crippen LogP contribution in [-0.2, 0) is 4.79 Å². The Labute approximate surface area is 81.5 Å². The molecule has 13 heavy (non-hydrogen) atoms. The summed E-state index contributed by atoms with van der Waals surface area (Å²) in [5.41, 5.74) is 1.08. The van der Waals surface area contributed by atoms with E-state index in [1.165, 1.54) is 0 Å². The van der Waals surface area contributed by atoms with Gasteiger partial charge in [-0.15, -0.1) is 6.58 Å². The van der Waals surface area contributed by atoms with Crippen LogP contribution in [0.1, 0.15) is 40.5 Å². The maximum atomic E-state index is 10.9. The highest BCUT2D eigenvalue weighted by Gasteiger charge is 2.14. The highest BCUT2D eigenvalue weighted by Crippen LogP contribution is 2.26. The van der Waals surface area contributed by atoms with E-state index in [-0.39, 0.29) is 11.2 Å². The maximum Gasteiger partial charge on any atom is 0.155 e. The largest absolute Gasteiger partial charge is 0.295 e. The van der Waals surface area contributed by atoms with Crippen molar-refractivity contribution in [1.82, 2.24) is 0 Å². The lowest BCUT2D eigenvalue weighted by Crippen LogP contribution is -2.08. The second-order valence-electron chi connectivity index (χ2n) is 4.30. The molecular formula is C12H20O. The third kappa shape index (κ3) is 5.40. The van der Waals surface area contributed by atoms with Crippen LogP contribution in [0.15, 0.2) is 24.3 Å². The number of Topliss-reactive ketones (excluding diaryl/α,β-unsaturated/α-hetero) is 1.